The Hall–Kier alpha value is -7.27. The number of anilines is 9. The highest BCUT2D eigenvalue weighted by molar-refractivity contribution is 6.38. The molecular formula is C50H30ClF3N4. The van der Waals surface area contributed by atoms with E-state index in [1.165, 1.54) is 0 Å². The van der Waals surface area contributed by atoms with Gasteiger partial charge in [0.1, 0.15) is 17.2 Å². The van der Waals surface area contributed by atoms with Gasteiger partial charge in [0.15, 0.2) is 0 Å². The molecule has 0 bridgehead atoms. The van der Waals surface area contributed by atoms with Crippen LogP contribution in [-0.4, -0.2) is 0 Å². The molecule has 0 fully saturated rings. The monoisotopic (exact) mass is 778 g/mol. The van der Waals surface area contributed by atoms with Crippen molar-refractivity contribution in [3.63, 3.8) is 0 Å². The third kappa shape index (κ3) is 5.53. The van der Waals surface area contributed by atoms with Gasteiger partial charge in [-0.1, -0.05) is 157 Å². The highest BCUT2D eigenvalue weighted by Crippen LogP contribution is 2.61. The van der Waals surface area contributed by atoms with E-state index < -0.39 is 11.7 Å². The molecule has 0 saturated heterocycles. The molecule has 0 radical (unpaired) electrons. The van der Waals surface area contributed by atoms with E-state index in [0.717, 1.165) is 11.1 Å². The number of fused-ring (bicyclic) bond motifs is 6. The summed E-state index contributed by atoms with van der Waals surface area (Å²) in [5.74, 6) is 0. The Morgan fingerprint density at radius 2 is 0.655 bits per heavy atom. The van der Waals surface area contributed by atoms with Crippen molar-refractivity contribution in [1.82, 2.24) is 0 Å². The molecule has 0 saturated carbocycles. The van der Waals surface area contributed by atoms with E-state index in [-0.39, 0.29) is 27.6 Å². The van der Waals surface area contributed by atoms with Gasteiger partial charge in [-0.05, 0) is 69.8 Å². The highest BCUT2D eigenvalue weighted by atomic mass is 35.5. The summed E-state index contributed by atoms with van der Waals surface area (Å²) in [5.41, 5.74) is 5.75. The van der Waals surface area contributed by atoms with Crippen LogP contribution in [0.5, 0.6) is 0 Å². The van der Waals surface area contributed by atoms with Gasteiger partial charge in [-0.3, -0.25) is 0 Å². The maximum Gasteiger partial charge on any atom is 0.420 e. The Kier molecular flexibility index (Phi) is 8.33. The number of benzene rings is 7. The van der Waals surface area contributed by atoms with Crippen LogP contribution in [0.25, 0.3) is 36.5 Å². The third-order valence-corrected chi connectivity index (χ3v) is 11.2. The number of hydrogen-bond donors (Lipinski definition) is 0. The molecule has 7 aromatic carbocycles. The molecule has 0 atom stereocenters. The van der Waals surface area contributed by atoms with E-state index in [0.29, 0.717) is 56.4 Å². The van der Waals surface area contributed by atoms with E-state index >= 15 is 13.2 Å². The zero-order chi connectivity index (χ0) is 39.5. The predicted molar refractivity (Wildman–Crippen MR) is 232 cm³/mol. The lowest BCUT2D eigenvalue weighted by Gasteiger charge is -2.38. The van der Waals surface area contributed by atoms with Crippen molar-refractivity contribution in [1.29, 1.82) is 5.26 Å². The van der Waals surface area contributed by atoms with Crippen molar-refractivity contribution in [2.45, 2.75) is 6.18 Å². The molecule has 0 unspecified atom stereocenters. The van der Waals surface area contributed by atoms with E-state index in [4.69, 9.17) is 11.6 Å². The van der Waals surface area contributed by atoms with Crippen LogP contribution in [-0.2, 0) is 6.18 Å². The smallest absolute Gasteiger partial charge is 0.307 e. The van der Waals surface area contributed by atoms with Crippen LogP contribution in [0.15, 0.2) is 146 Å². The summed E-state index contributed by atoms with van der Waals surface area (Å²) < 4.78 is 50.6. The van der Waals surface area contributed by atoms with E-state index in [1.807, 2.05) is 138 Å². The van der Waals surface area contributed by atoms with Gasteiger partial charge in [0.25, 0.3) is 0 Å². The largest absolute Gasteiger partial charge is 0.420 e. The van der Waals surface area contributed by atoms with E-state index in [2.05, 4.69) is 6.07 Å². The average Bonchev–Trinajstić information content (AvgIpc) is 3.60. The molecule has 3 heterocycles. The molecule has 278 valence electrons. The second-order valence-electron chi connectivity index (χ2n) is 14.1. The molecule has 0 N–H and O–H groups in total. The Labute approximate surface area is 338 Å². The molecule has 0 amide bonds. The van der Waals surface area contributed by atoms with Gasteiger partial charge >= 0.3 is 6.18 Å². The topological polar surface area (TPSA) is 33.5 Å². The van der Waals surface area contributed by atoms with Crippen molar-refractivity contribution in [3.05, 3.63) is 195 Å². The molecule has 0 spiro atoms. The van der Waals surface area contributed by atoms with Gasteiger partial charge in [-0.25, -0.2) is 0 Å². The molecule has 0 aliphatic carbocycles. The van der Waals surface area contributed by atoms with Crippen LogP contribution in [0.3, 0.4) is 0 Å². The molecule has 7 aromatic rings. The fraction of sp³-hybridized carbons (Fsp3) is 0.0200. The Morgan fingerprint density at radius 3 is 0.931 bits per heavy atom. The first kappa shape index (κ1) is 35.2. The van der Waals surface area contributed by atoms with Crippen LogP contribution >= 0.6 is 11.6 Å². The van der Waals surface area contributed by atoms with Gasteiger partial charge in [0, 0.05) is 0 Å². The zero-order valence-corrected chi connectivity index (χ0v) is 31.4. The minimum absolute atomic E-state index is 0.116. The number of alkyl halides is 3. The first-order chi connectivity index (χ1) is 28.3. The quantitative estimate of drug-likeness (QED) is 0.179. The minimum Gasteiger partial charge on any atom is -0.307 e. The molecule has 8 heteroatoms. The average molecular weight is 779 g/mol. The number of nitriles is 1. The standard InChI is InChI=1S/C50H30ClF3N4/c51-46-48(57-41-21-9-3-15-34(41)27-28-35-16-4-10-22-42(35)57)38(31-55)47(56-39-19-7-1-13-32(39)25-26-33-14-2-8-20-40(33)56)45(50(52,53)54)49(46)58-43-23-11-5-17-36(43)29-30-37-18-6-12-24-44(37)58/h1-30H. The van der Waals surface area contributed by atoms with Gasteiger partial charge in [0.2, 0.25) is 0 Å². The fourth-order valence-electron chi connectivity index (χ4n) is 8.34. The van der Waals surface area contributed by atoms with E-state index in [1.54, 1.807) is 58.3 Å². The molecule has 0 aromatic heterocycles. The van der Waals surface area contributed by atoms with Crippen molar-refractivity contribution in [3.8, 4) is 6.07 Å². The molecule has 10 rings (SSSR count). The van der Waals surface area contributed by atoms with E-state index in [9.17, 15) is 5.26 Å². The SMILES string of the molecule is N#Cc1c(N2c3ccccc3C=Cc3ccccc32)c(Cl)c(N2c3ccccc3C=Cc3ccccc32)c(C(F)(F)F)c1N1c2ccccc2C=Cc2ccccc21. The lowest BCUT2D eigenvalue weighted by molar-refractivity contribution is -0.136. The van der Waals surface area contributed by atoms with Crippen LogP contribution in [0.2, 0.25) is 5.02 Å². The molecule has 4 nitrogen and oxygen atoms in total. The van der Waals surface area contributed by atoms with Crippen LogP contribution < -0.4 is 14.7 Å². The van der Waals surface area contributed by atoms with Crippen LogP contribution in [0.1, 0.15) is 44.5 Å². The maximum atomic E-state index is 16.9. The summed E-state index contributed by atoms with van der Waals surface area (Å²) in [7, 11) is 0. The lowest BCUT2D eigenvalue weighted by Crippen LogP contribution is -2.26. The zero-order valence-electron chi connectivity index (χ0n) is 30.6. The fourth-order valence-corrected chi connectivity index (χ4v) is 8.70. The number of halogens is 4. The van der Waals surface area contributed by atoms with Crippen molar-refractivity contribution >= 4 is 99.2 Å². The number of hydrogen-bond acceptors (Lipinski definition) is 4. The molecule has 3 aliphatic rings. The molecular weight excluding hydrogens is 749 g/mol. The first-order valence-corrected chi connectivity index (χ1v) is 19.1. The van der Waals surface area contributed by atoms with Crippen molar-refractivity contribution in [2.75, 3.05) is 14.7 Å². The first-order valence-electron chi connectivity index (χ1n) is 18.7. The van der Waals surface area contributed by atoms with Crippen LogP contribution in [0, 0.1) is 11.3 Å². The summed E-state index contributed by atoms with van der Waals surface area (Å²) in [4.78, 5) is 5.06. The third-order valence-electron chi connectivity index (χ3n) is 10.8. The number of nitrogens with zero attached hydrogens (tertiary/aromatic N) is 4. The maximum absolute atomic E-state index is 16.9. The summed E-state index contributed by atoms with van der Waals surface area (Å²) >= 11 is 7.78. The van der Waals surface area contributed by atoms with Crippen LogP contribution in [0.4, 0.5) is 64.4 Å². The summed E-state index contributed by atoms with van der Waals surface area (Å²) in [5, 5.41) is 11.3. The van der Waals surface area contributed by atoms with Gasteiger partial charge < -0.3 is 14.7 Å². The summed E-state index contributed by atoms with van der Waals surface area (Å²) in [6.45, 7) is 0. The van der Waals surface area contributed by atoms with Crippen molar-refractivity contribution < 1.29 is 13.2 Å². The van der Waals surface area contributed by atoms with Gasteiger partial charge in [-0.15, -0.1) is 0 Å². The second kappa shape index (κ2) is 13.7. The van der Waals surface area contributed by atoms with Gasteiger partial charge in [-0.2, -0.15) is 18.4 Å². The second-order valence-corrected chi connectivity index (χ2v) is 14.5. The molecule has 3 aliphatic heterocycles. The summed E-state index contributed by atoms with van der Waals surface area (Å²) in [6.07, 6.45) is 6.50. The normalized spacial score (nSPS) is 13.5. The number of para-hydroxylation sites is 6. The number of rotatable bonds is 3. The highest BCUT2D eigenvalue weighted by Gasteiger charge is 2.47. The molecule has 58 heavy (non-hydrogen) atoms. The van der Waals surface area contributed by atoms with Crippen molar-refractivity contribution in [2.24, 2.45) is 0 Å². The Balaban J connectivity index is 1.45. The summed E-state index contributed by atoms with van der Waals surface area (Å²) in [6, 6.07) is 46.8. The predicted octanol–water partition coefficient (Wildman–Crippen LogP) is 15.1. The Morgan fingerprint density at radius 1 is 0.397 bits per heavy atom. The van der Waals surface area contributed by atoms with Gasteiger partial charge in [0.05, 0.1) is 56.2 Å². The lowest BCUT2D eigenvalue weighted by atomic mass is 9.95. The minimum atomic E-state index is -5.04. The Bertz CT molecular complexity index is 2810.